The number of amides is 1. The molecule has 1 amide bonds. The molecule has 7 heteroatoms. The predicted octanol–water partition coefficient (Wildman–Crippen LogP) is 2.62. The summed E-state index contributed by atoms with van der Waals surface area (Å²) in [4.78, 5) is 14.4. The predicted molar refractivity (Wildman–Crippen MR) is 106 cm³/mol. The Labute approximate surface area is 155 Å². The molecule has 0 saturated carbocycles. The van der Waals surface area contributed by atoms with Crippen LogP contribution in [0.25, 0.3) is 0 Å². The van der Waals surface area contributed by atoms with Crippen LogP contribution < -0.4 is 14.9 Å². The molecular weight excluding hydrogens is 350 g/mol. The maximum absolute atomic E-state index is 12.3. The van der Waals surface area contributed by atoms with Gasteiger partial charge in [0.05, 0.1) is 6.26 Å². The molecule has 0 spiro atoms. The van der Waals surface area contributed by atoms with Crippen molar-refractivity contribution < 1.29 is 13.2 Å². The molecule has 0 radical (unpaired) electrons. The van der Waals surface area contributed by atoms with Crippen LogP contribution in [0.15, 0.2) is 48.5 Å². The Bertz CT molecular complexity index is 852. The Kier molecular flexibility index (Phi) is 6.76. The number of rotatable bonds is 8. The van der Waals surface area contributed by atoms with Crippen LogP contribution in [0.2, 0.25) is 0 Å². The molecule has 0 bridgehead atoms. The van der Waals surface area contributed by atoms with Gasteiger partial charge in [-0.25, -0.2) is 13.1 Å². The van der Waals surface area contributed by atoms with Crippen LogP contribution in [0.3, 0.4) is 0 Å². The molecule has 26 heavy (non-hydrogen) atoms. The summed E-state index contributed by atoms with van der Waals surface area (Å²) in [6, 6.07) is 14.9. The first-order valence-corrected chi connectivity index (χ1v) is 10.4. The minimum atomic E-state index is -3.19. The molecule has 2 N–H and O–H groups in total. The molecule has 0 aromatic heterocycles. The molecule has 140 valence electrons. The number of benzene rings is 2. The van der Waals surface area contributed by atoms with Crippen molar-refractivity contribution in [2.45, 2.75) is 13.8 Å². The summed E-state index contributed by atoms with van der Waals surface area (Å²) in [6.07, 6.45) is 1.15. The summed E-state index contributed by atoms with van der Waals surface area (Å²) < 4.78 is 24.9. The van der Waals surface area contributed by atoms with E-state index in [9.17, 15) is 13.2 Å². The zero-order valence-electron chi connectivity index (χ0n) is 15.3. The number of hydrogen-bond donors (Lipinski definition) is 2. The number of anilines is 2. The Hall–Kier alpha value is -2.38. The van der Waals surface area contributed by atoms with Gasteiger partial charge in [0.25, 0.3) is 5.91 Å². The number of hydrogen-bond acceptors (Lipinski definition) is 4. The van der Waals surface area contributed by atoms with Crippen molar-refractivity contribution in [2.24, 2.45) is 0 Å². The molecule has 2 rings (SSSR count). The van der Waals surface area contributed by atoms with Crippen LogP contribution in [0, 0.1) is 6.92 Å². The summed E-state index contributed by atoms with van der Waals surface area (Å²) in [5, 5.41) is 2.92. The van der Waals surface area contributed by atoms with Gasteiger partial charge in [-0.15, -0.1) is 0 Å². The molecule has 2 aromatic carbocycles. The number of carbonyl (C=O) groups excluding carboxylic acids is 1. The summed E-state index contributed by atoms with van der Waals surface area (Å²) in [7, 11) is -3.19. The highest BCUT2D eigenvalue weighted by molar-refractivity contribution is 7.88. The summed E-state index contributed by atoms with van der Waals surface area (Å²) in [6.45, 7) is 5.62. The van der Waals surface area contributed by atoms with Crippen LogP contribution in [0.5, 0.6) is 0 Å². The molecule has 6 nitrogen and oxygen atoms in total. The molecule has 0 heterocycles. The van der Waals surface area contributed by atoms with Gasteiger partial charge in [-0.1, -0.05) is 18.2 Å². The maximum atomic E-state index is 12.3. The largest absolute Gasteiger partial charge is 0.370 e. The fourth-order valence-electron chi connectivity index (χ4n) is 2.60. The van der Waals surface area contributed by atoms with Crippen molar-refractivity contribution in [1.82, 2.24) is 4.72 Å². The normalized spacial score (nSPS) is 11.2. The molecular formula is C19H25N3O3S. The van der Waals surface area contributed by atoms with Crippen molar-refractivity contribution >= 4 is 27.3 Å². The zero-order valence-corrected chi connectivity index (χ0v) is 16.1. The second kappa shape index (κ2) is 8.82. The Morgan fingerprint density at radius 1 is 1.12 bits per heavy atom. The van der Waals surface area contributed by atoms with Gasteiger partial charge < -0.3 is 10.2 Å². The highest BCUT2D eigenvalue weighted by Gasteiger charge is 2.10. The van der Waals surface area contributed by atoms with Crippen LogP contribution in [-0.4, -0.2) is 40.2 Å². The molecule has 0 saturated heterocycles. The van der Waals surface area contributed by atoms with Crippen LogP contribution in [-0.2, 0) is 10.0 Å². The summed E-state index contributed by atoms with van der Waals surface area (Å²) in [5.41, 5.74) is 3.30. The van der Waals surface area contributed by atoms with Crippen molar-refractivity contribution in [3.05, 3.63) is 59.7 Å². The summed E-state index contributed by atoms with van der Waals surface area (Å²) >= 11 is 0. The topological polar surface area (TPSA) is 78.5 Å². The fourth-order valence-corrected chi connectivity index (χ4v) is 3.07. The lowest BCUT2D eigenvalue weighted by atomic mass is 10.1. The van der Waals surface area contributed by atoms with Gasteiger partial charge >= 0.3 is 0 Å². The van der Waals surface area contributed by atoms with Crippen molar-refractivity contribution in [2.75, 3.05) is 36.1 Å². The number of nitrogens with one attached hydrogen (secondary N) is 2. The third kappa shape index (κ3) is 5.86. The molecule has 2 aromatic rings. The quantitative estimate of drug-likeness (QED) is 0.743. The number of aryl methyl sites for hydroxylation is 1. The minimum Gasteiger partial charge on any atom is -0.370 e. The number of sulfonamides is 1. The Morgan fingerprint density at radius 2 is 1.81 bits per heavy atom. The fraction of sp³-hybridized carbons (Fsp3) is 0.316. The SMILES string of the molecule is CCN(CCNS(C)(=O)=O)c1ccc(NC(=O)c2ccccc2)c(C)c1. The number of nitrogens with zero attached hydrogens (tertiary/aromatic N) is 1. The lowest BCUT2D eigenvalue weighted by Crippen LogP contribution is -2.34. The van der Waals surface area contributed by atoms with Gasteiger partial charge in [0.1, 0.15) is 0 Å². The second-order valence-corrected chi connectivity index (χ2v) is 7.90. The van der Waals surface area contributed by atoms with E-state index in [1.807, 2.05) is 50.2 Å². The van der Waals surface area contributed by atoms with Gasteiger partial charge in [-0.3, -0.25) is 4.79 Å². The van der Waals surface area contributed by atoms with Gasteiger partial charge in [-0.05, 0) is 49.7 Å². The van der Waals surface area contributed by atoms with Gasteiger partial charge in [-0.2, -0.15) is 0 Å². The van der Waals surface area contributed by atoms with Crippen LogP contribution in [0.4, 0.5) is 11.4 Å². The van der Waals surface area contributed by atoms with Crippen molar-refractivity contribution in [1.29, 1.82) is 0 Å². The van der Waals surface area contributed by atoms with E-state index in [-0.39, 0.29) is 5.91 Å². The standard InChI is InChI=1S/C19H25N3O3S/c1-4-22(13-12-20-26(3,24)25)17-10-11-18(15(2)14-17)21-19(23)16-8-6-5-7-9-16/h5-11,14,20H,4,12-13H2,1-3H3,(H,21,23). The van der Waals surface area contributed by atoms with E-state index >= 15 is 0 Å². The molecule has 0 unspecified atom stereocenters. The van der Waals surface area contributed by atoms with Gasteiger partial charge in [0, 0.05) is 36.6 Å². The smallest absolute Gasteiger partial charge is 0.255 e. The highest BCUT2D eigenvalue weighted by atomic mass is 32.2. The van der Waals surface area contributed by atoms with E-state index in [0.29, 0.717) is 18.7 Å². The van der Waals surface area contributed by atoms with Gasteiger partial charge in [0.2, 0.25) is 10.0 Å². The first-order valence-electron chi connectivity index (χ1n) is 8.47. The van der Waals surface area contributed by atoms with E-state index in [1.54, 1.807) is 12.1 Å². The van der Waals surface area contributed by atoms with E-state index < -0.39 is 10.0 Å². The molecule has 0 atom stereocenters. The van der Waals surface area contributed by atoms with Crippen molar-refractivity contribution in [3.63, 3.8) is 0 Å². The Balaban J connectivity index is 2.06. The van der Waals surface area contributed by atoms with Gasteiger partial charge in [0.15, 0.2) is 0 Å². The van der Waals surface area contributed by atoms with E-state index in [2.05, 4.69) is 14.9 Å². The van der Waals surface area contributed by atoms with E-state index in [1.165, 1.54) is 0 Å². The maximum Gasteiger partial charge on any atom is 0.255 e. The lowest BCUT2D eigenvalue weighted by molar-refractivity contribution is 0.102. The molecule has 0 aliphatic carbocycles. The first kappa shape index (κ1) is 19.9. The Morgan fingerprint density at radius 3 is 2.38 bits per heavy atom. The minimum absolute atomic E-state index is 0.147. The van der Waals surface area contributed by atoms with Crippen LogP contribution in [0.1, 0.15) is 22.8 Å². The monoisotopic (exact) mass is 375 g/mol. The van der Waals surface area contributed by atoms with E-state index in [4.69, 9.17) is 0 Å². The summed E-state index contributed by atoms with van der Waals surface area (Å²) in [5.74, 6) is -0.147. The number of carbonyl (C=O) groups is 1. The van der Waals surface area contributed by atoms with Crippen molar-refractivity contribution in [3.8, 4) is 0 Å². The average Bonchev–Trinajstić information content (AvgIpc) is 2.60. The first-order chi connectivity index (χ1) is 12.3. The molecule has 0 aliphatic heterocycles. The average molecular weight is 375 g/mol. The third-order valence-corrected chi connectivity index (χ3v) is 4.72. The third-order valence-electron chi connectivity index (χ3n) is 3.99. The van der Waals surface area contributed by atoms with E-state index in [0.717, 1.165) is 29.7 Å². The van der Waals surface area contributed by atoms with Crippen LogP contribution >= 0.6 is 0 Å². The number of likely N-dealkylation sites (N-methyl/N-ethyl adjacent to an activating group) is 1. The molecule has 0 fully saturated rings. The highest BCUT2D eigenvalue weighted by Crippen LogP contribution is 2.23. The molecule has 0 aliphatic rings. The lowest BCUT2D eigenvalue weighted by Gasteiger charge is -2.24. The second-order valence-electron chi connectivity index (χ2n) is 6.07. The zero-order chi connectivity index (χ0) is 19.2.